The molecule has 5 rings (SSSR count). The van der Waals surface area contributed by atoms with Crippen molar-refractivity contribution in [2.75, 3.05) is 23.3 Å². The summed E-state index contributed by atoms with van der Waals surface area (Å²) >= 11 is 0. The molecule has 1 saturated heterocycles. The summed E-state index contributed by atoms with van der Waals surface area (Å²) in [6.45, 7) is 12.2. The van der Waals surface area contributed by atoms with E-state index in [2.05, 4.69) is 32.3 Å². The van der Waals surface area contributed by atoms with E-state index >= 15 is 0 Å². The minimum atomic E-state index is -4.59. The van der Waals surface area contributed by atoms with E-state index in [9.17, 15) is 22.8 Å². The number of hydrogen-bond donors (Lipinski definition) is 2. The third-order valence-corrected chi connectivity index (χ3v) is 6.95. The summed E-state index contributed by atoms with van der Waals surface area (Å²) in [7, 11) is 0. The monoisotopic (exact) mass is 583 g/mol. The van der Waals surface area contributed by atoms with Crippen molar-refractivity contribution in [1.29, 1.82) is 0 Å². The van der Waals surface area contributed by atoms with E-state index < -0.39 is 17.3 Å². The van der Waals surface area contributed by atoms with Crippen LogP contribution in [0.3, 0.4) is 0 Å². The minimum absolute atomic E-state index is 0.0190. The molecule has 1 aliphatic rings. The fraction of sp³-hybridized carbons (Fsp3) is 0.393. The van der Waals surface area contributed by atoms with Crippen LogP contribution in [0.2, 0.25) is 0 Å². The molecule has 0 bridgehead atoms. The largest absolute Gasteiger partial charge is 0.418 e. The Bertz CT molecular complexity index is 1750. The van der Waals surface area contributed by atoms with Gasteiger partial charge < -0.3 is 15.5 Å². The zero-order valence-corrected chi connectivity index (χ0v) is 23.7. The Morgan fingerprint density at radius 3 is 2.50 bits per heavy atom. The molecule has 1 aliphatic heterocycles. The molecule has 0 aliphatic carbocycles. The normalized spacial score (nSPS) is 17.7. The predicted molar refractivity (Wildman–Crippen MR) is 155 cm³/mol. The topological polar surface area (TPSA) is 115 Å². The number of aromatic nitrogens is 6. The summed E-state index contributed by atoms with van der Waals surface area (Å²) in [4.78, 5) is 36.0. The van der Waals surface area contributed by atoms with E-state index in [0.29, 0.717) is 13.1 Å². The number of fused-ring (bicyclic) bond motifs is 1. The highest BCUT2D eigenvalue weighted by Crippen LogP contribution is 2.39. The van der Waals surface area contributed by atoms with E-state index in [-0.39, 0.29) is 64.4 Å². The van der Waals surface area contributed by atoms with Gasteiger partial charge in [0.15, 0.2) is 11.5 Å². The molecule has 4 heterocycles. The van der Waals surface area contributed by atoms with Crippen LogP contribution in [0.1, 0.15) is 39.3 Å². The lowest BCUT2D eigenvalue weighted by Gasteiger charge is -2.38. The fourth-order valence-electron chi connectivity index (χ4n) is 5.28. The Labute approximate surface area is 239 Å². The maximum atomic E-state index is 14.2. The summed E-state index contributed by atoms with van der Waals surface area (Å²) in [5, 5.41) is 10.8. The van der Waals surface area contributed by atoms with Gasteiger partial charge in [0.2, 0.25) is 5.95 Å². The molecule has 0 saturated carbocycles. The van der Waals surface area contributed by atoms with Crippen molar-refractivity contribution >= 4 is 28.4 Å². The van der Waals surface area contributed by atoms with Crippen molar-refractivity contribution in [3.63, 3.8) is 0 Å². The molecular weight excluding hydrogens is 551 g/mol. The molecular formula is C28H32F3N9O2. The molecule has 0 amide bonds. The lowest BCUT2D eigenvalue weighted by molar-refractivity contribution is -0.137. The van der Waals surface area contributed by atoms with Crippen molar-refractivity contribution < 1.29 is 13.2 Å². The first-order valence-electron chi connectivity index (χ1n) is 13.6. The van der Waals surface area contributed by atoms with Gasteiger partial charge in [-0.2, -0.15) is 18.2 Å². The second kappa shape index (κ2) is 11.1. The summed E-state index contributed by atoms with van der Waals surface area (Å²) in [6, 6.07) is 6.68. The number of halogens is 3. The number of alkyl halides is 3. The van der Waals surface area contributed by atoms with Crippen molar-refractivity contribution in [3.8, 4) is 5.82 Å². The molecule has 11 nitrogen and oxygen atoms in total. The van der Waals surface area contributed by atoms with Gasteiger partial charge in [-0.1, -0.05) is 6.08 Å². The van der Waals surface area contributed by atoms with Gasteiger partial charge >= 0.3 is 6.18 Å². The summed E-state index contributed by atoms with van der Waals surface area (Å²) in [6.07, 6.45) is -1.76. The van der Waals surface area contributed by atoms with Gasteiger partial charge in [0.1, 0.15) is 5.39 Å². The second-order valence-electron chi connectivity index (χ2n) is 10.7. The zero-order valence-electron chi connectivity index (χ0n) is 23.7. The maximum Gasteiger partial charge on any atom is 0.418 e. The predicted octanol–water partition coefficient (Wildman–Crippen LogP) is 3.85. The van der Waals surface area contributed by atoms with Crippen LogP contribution in [-0.2, 0) is 12.7 Å². The molecule has 2 atom stereocenters. The average molecular weight is 584 g/mol. The van der Waals surface area contributed by atoms with Crippen LogP contribution in [0, 0.1) is 0 Å². The van der Waals surface area contributed by atoms with Gasteiger partial charge in [0.05, 0.1) is 18.2 Å². The third kappa shape index (κ3) is 5.53. The van der Waals surface area contributed by atoms with Gasteiger partial charge in [-0.05, 0) is 52.0 Å². The Balaban J connectivity index is 1.58. The number of rotatable bonds is 7. The fourth-order valence-corrected chi connectivity index (χ4v) is 5.28. The van der Waals surface area contributed by atoms with E-state index in [1.807, 2.05) is 13.8 Å². The Hall–Kier alpha value is -4.46. The number of hydrogen-bond acceptors (Lipinski definition) is 8. The van der Waals surface area contributed by atoms with Crippen molar-refractivity contribution in [2.24, 2.45) is 0 Å². The third-order valence-electron chi connectivity index (χ3n) is 6.95. The highest BCUT2D eigenvalue weighted by Gasteiger charge is 2.36. The molecule has 4 aromatic rings. The summed E-state index contributed by atoms with van der Waals surface area (Å²) < 4.78 is 46.7. The molecule has 3 aromatic heterocycles. The van der Waals surface area contributed by atoms with Gasteiger partial charge in [0, 0.05) is 48.8 Å². The first-order chi connectivity index (χ1) is 19.9. The van der Waals surface area contributed by atoms with Gasteiger partial charge in [-0.25, -0.2) is 19.0 Å². The zero-order chi connectivity index (χ0) is 30.3. The molecule has 42 heavy (non-hydrogen) atoms. The first kappa shape index (κ1) is 29.0. The molecule has 222 valence electrons. The molecule has 0 unspecified atom stereocenters. The first-order valence-corrected chi connectivity index (χ1v) is 13.6. The van der Waals surface area contributed by atoms with Gasteiger partial charge in [0.25, 0.3) is 11.1 Å². The van der Waals surface area contributed by atoms with Crippen LogP contribution in [0.4, 0.5) is 30.5 Å². The lowest BCUT2D eigenvalue weighted by Crippen LogP contribution is -2.54. The SMILES string of the molecule is C=CCn1c(=O)c2cnc(Nc3ccc(N4C[C@@H](C)N[C@@H](C)C4)c(C(F)(F)F)c3)nc2n1-c1ccc(=O)n(C(C)C)n1. The van der Waals surface area contributed by atoms with Crippen molar-refractivity contribution in [2.45, 2.75) is 58.5 Å². The van der Waals surface area contributed by atoms with Gasteiger partial charge in [-0.15, -0.1) is 11.7 Å². The molecule has 0 spiro atoms. The Kier molecular flexibility index (Phi) is 7.66. The second-order valence-corrected chi connectivity index (χ2v) is 10.7. The molecule has 1 fully saturated rings. The highest BCUT2D eigenvalue weighted by molar-refractivity contribution is 5.77. The van der Waals surface area contributed by atoms with E-state index in [1.165, 1.54) is 44.5 Å². The number of nitrogens with one attached hydrogen (secondary N) is 2. The summed E-state index contributed by atoms with van der Waals surface area (Å²) in [5.74, 6) is 0.236. The number of benzene rings is 1. The molecule has 14 heteroatoms. The maximum absolute atomic E-state index is 14.2. The van der Waals surface area contributed by atoms with Crippen LogP contribution in [0.15, 0.2) is 58.8 Å². The molecule has 2 N–H and O–H groups in total. The Morgan fingerprint density at radius 2 is 1.86 bits per heavy atom. The van der Waals surface area contributed by atoms with Crippen molar-refractivity contribution in [1.82, 2.24) is 34.4 Å². The number of anilines is 3. The van der Waals surface area contributed by atoms with Crippen LogP contribution in [-0.4, -0.2) is 54.3 Å². The molecule has 1 aromatic carbocycles. The van der Waals surface area contributed by atoms with E-state index in [4.69, 9.17) is 0 Å². The number of nitrogens with zero attached hydrogens (tertiary/aromatic N) is 7. The quantitative estimate of drug-likeness (QED) is 0.316. The molecule has 0 radical (unpaired) electrons. The standard InChI is InChI=1S/C28H32F3N9O2/c1-6-11-38-26(42)20-13-32-27(35-25(20)40(38)23-9-10-24(41)39(36-23)16(2)3)34-19-7-8-22(21(12-19)28(29,30)31)37-14-17(4)33-18(5)15-37/h6-10,12-13,16-18,33H,1,11,14-15H2,2-5H3,(H,32,34,35)/t17-,18+. The highest BCUT2D eigenvalue weighted by atomic mass is 19.4. The van der Waals surface area contributed by atoms with E-state index in [1.54, 1.807) is 24.8 Å². The van der Waals surface area contributed by atoms with E-state index in [0.717, 1.165) is 6.07 Å². The lowest BCUT2D eigenvalue weighted by atomic mass is 10.1. The van der Waals surface area contributed by atoms with Crippen LogP contribution in [0.25, 0.3) is 16.9 Å². The van der Waals surface area contributed by atoms with Gasteiger partial charge in [-0.3, -0.25) is 9.59 Å². The minimum Gasteiger partial charge on any atom is -0.368 e. The number of piperazine rings is 1. The summed E-state index contributed by atoms with van der Waals surface area (Å²) in [5.41, 5.74) is -1.10. The average Bonchev–Trinajstić information content (AvgIpc) is 3.18. The van der Waals surface area contributed by atoms with Crippen LogP contribution in [0.5, 0.6) is 0 Å². The van der Waals surface area contributed by atoms with Crippen LogP contribution < -0.4 is 26.7 Å². The van der Waals surface area contributed by atoms with Crippen molar-refractivity contribution in [3.05, 3.63) is 75.5 Å². The smallest absolute Gasteiger partial charge is 0.368 e. The van der Waals surface area contributed by atoms with Crippen LogP contribution >= 0.6 is 0 Å². The Morgan fingerprint density at radius 1 is 1.14 bits per heavy atom. The number of allylic oxidation sites excluding steroid dienone is 1.